The van der Waals surface area contributed by atoms with Crippen molar-refractivity contribution < 1.29 is 9.53 Å². The zero-order chi connectivity index (χ0) is 17.8. The van der Waals surface area contributed by atoms with E-state index >= 15 is 0 Å². The Morgan fingerprint density at radius 3 is 2.80 bits per heavy atom. The number of rotatable bonds is 5. The van der Waals surface area contributed by atoms with Crippen molar-refractivity contribution in [1.82, 2.24) is 10.3 Å². The van der Waals surface area contributed by atoms with Crippen molar-refractivity contribution in [2.24, 2.45) is 0 Å². The fraction of sp³-hybridized carbons (Fsp3) is 0.200. The van der Waals surface area contributed by atoms with Gasteiger partial charge >= 0.3 is 0 Å². The maximum atomic E-state index is 12.5. The Kier molecular flexibility index (Phi) is 5.19. The van der Waals surface area contributed by atoms with Gasteiger partial charge in [-0.15, -0.1) is 0 Å². The van der Waals surface area contributed by atoms with Crippen LogP contribution in [0.2, 0.25) is 5.02 Å². The summed E-state index contributed by atoms with van der Waals surface area (Å²) >= 11 is 6.23. The molecule has 1 N–H and O–H groups in total. The second kappa shape index (κ2) is 7.53. The Morgan fingerprint density at radius 2 is 2.00 bits per heavy atom. The van der Waals surface area contributed by atoms with E-state index < -0.39 is 0 Å². The molecule has 0 aliphatic carbocycles. The monoisotopic (exact) mass is 354 g/mol. The molecule has 5 heteroatoms. The summed E-state index contributed by atoms with van der Waals surface area (Å²) in [7, 11) is 0. The summed E-state index contributed by atoms with van der Waals surface area (Å²) in [6.45, 7) is 4.73. The molecule has 0 saturated heterocycles. The molecule has 3 aromatic rings. The second-order valence-corrected chi connectivity index (χ2v) is 6.33. The lowest BCUT2D eigenvalue weighted by atomic mass is 10.1. The molecule has 4 nitrogen and oxygen atoms in total. The summed E-state index contributed by atoms with van der Waals surface area (Å²) in [5.74, 6) is 0.536. The third-order valence-corrected chi connectivity index (χ3v) is 4.13. The number of nitrogens with zero attached hydrogens (tertiary/aromatic N) is 1. The summed E-state index contributed by atoms with van der Waals surface area (Å²) in [5, 5.41) is 4.13. The molecule has 1 amide bonds. The minimum Gasteiger partial charge on any atom is -0.492 e. The van der Waals surface area contributed by atoms with Gasteiger partial charge in [0.05, 0.1) is 22.6 Å². The van der Waals surface area contributed by atoms with E-state index in [-0.39, 0.29) is 5.91 Å². The van der Waals surface area contributed by atoms with Crippen molar-refractivity contribution in [3.63, 3.8) is 0 Å². The number of carbonyl (C=O) groups is 1. The van der Waals surface area contributed by atoms with E-state index in [0.717, 1.165) is 22.3 Å². The molecular weight excluding hydrogens is 336 g/mol. The molecule has 0 spiro atoms. The van der Waals surface area contributed by atoms with Gasteiger partial charge in [-0.3, -0.25) is 9.78 Å². The van der Waals surface area contributed by atoms with Gasteiger partial charge in [-0.1, -0.05) is 29.8 Å². The van der Waals surface area contributed by atoms with Crippen LogP contribution < -0.4 is 10.1 Å². The topological polar surface area (TPSA) is 51.2 Å². The number of benzene rings is 2. The van der Waals surface area contributed by atoms with Crippen LogP contribution in [0, 0.1) is 13.8 Å². The average molecular weight is 355 g/mol. The summed E-state index contributed by atoms with van der Waals surface area (Å²) in [6.07, 6.45) is 1.73. The van der Waals surface area contributed by atoms with Crippen LogP contribution in [-0.4, -0.2) is 24.0 Å². The minimum absolute atomic E-state index is 0.250. The van der Waals surface area contributed by atoms with Gasteiger partial charge < -0.3 is 10.1 Å². The maximum Gasteiger partial charge on any atom is 0.255 e. The average Bonchev–Trinajstić information content (AvgIpc) is 2.58. The van der Waals surface area contributed by atoms with Gasteiger partial charge in [0.25, 0.3) is 5.91 Å². The fourth-order valence-electron chi connectivity index (χ4n) is 2.63. The van der Waals surface area contributed by atoms with Crippen molar-refractivity contribution >= 4 is 28.4 Å². The van der Waals surface area contributed by atoms with Gasteiger partial charge in [-0.05, 0) is 49.2 Å². The third kappa shape index (κ3) is 4.09. The molecule has 0 fully saturated rings. The zero-order valence-electron chi connectivity index (χ0n) is 14.2. The molecule has 128 valence electrons. The predicted octanol–water partition coefficient (Wildman–Crippen LogP) is 4.31. The number of hydrogen-bond acceptors (Lipinski definition) is 3. The second-order valence-electron chi connectivity index (χ2n) is 5.93. The molecule has 0 radical (unpaired) electrons. The fourth-order valence-corrected chi connectivity index (χ4v) is 2.87. The summed E-state index contributed by atoms with van der Waals surface area (Å²) < 4.78 is 5.64. The van der Waals surface area contributed by atoms with Crippen molar-refractivity contribution in [2.45, 2.75) is 13.8 Å². The molecule has 0 atom stereocenters. The summed E-state index contributed by atoms with van der Waals surface area (Å²) in [4.78, 5) is 16.9. The van der Waals surface area contributed by atoms with Crippen LogP contribution >= 0.6 is 11.6 Å². The number of hydrogen-bond donors (Lipinski definition) is 1. The van der Waals surface area contributed by atoms with Gasteiger partial charge in [0, 0.05) is 11.6 Å². The Bertz CT molecular complexity index is 925. The molecule has 0 aliphatic rings. The van der Waals surface area contributed by atoms with E-state index in [9.17, 15) is 4.79 Å². The van der Waals surface area contributed by atoms with Gasteiger partial charge in [-0.2, -0.15) is 0 Å². The molecule has 3 rings (SSSR count). The molecular formula is C20H19ClN2O2. The number of carbonyl (C=O) groups excluding carboxylic acids is 1. The number of aryl methyl sites for hydroxylation is 2. The first-order chi connectivity index (χ1) is 12.0. The van der Waals surface area contributed by atoms with Crippen molar-refractivity contribution in [3.05, 3.63) is 70.4 Å². The van der Waals surface area contributed by atoms with Gasteiger partial charge in [-0.25, -0.2) is 0 Å². The van der Waals surface area contributed by atoms with E-state index in [4.69, 9.17) is 16.3 Å². The highest BCUT2D eigenvalue weighted by Crippen LogP contribution is 2.25. The number of nitrogens with one attached hydrogen (secondary N) is 1. The highest BCUT2D eigenvalue weighted by molar-refractivity contribution is 6.35. The lowest BCUT2D eigenvalue weighted by molar-refractivity contribution is 0.0948. The molecule has 1 aromatic heterocycles. The molecule has 0 unspecified atom stereocenters. The first kappa shape index (κ1) is 17.2. The van der Waals surface area contributed by atoms with Crippen LogP contribution in [0.5, 0.6) is 5.75 Å². The number of aromatic nitrogens is 1. The quantitative estimate of drug-likeness (QED) is 0.694. The highest BCUT2D eigenvalue weighted by atomic mass is 35.5. The lowest BCUT2D eigenvalue weighted by Gasteiger charge is -2.11. The Labute approximate surface area is 151 Å². The van der Waals surface area contributed by atoms with E-state index in [2.05, 4.69) is 10.3 Å². The van der Waals surface area contributed by atoms with Crippen LogP contribution in [0.15, 0.2) is 48.7 Å². The highest BCUT2D eigenvalue weighted by Gasteiger charge is 2.15. The van der Waals surface area contributed by atoms with E-state index in [1.54, 1.807) is 12.3 Å². The predicted molar refractivity (Wildman–Crippen MR) is 100 cm³/mol. The van der Waals surface area contributed by atoms with E-state index in [1.165, 1.54) is 0 Å². The van der Waals surface area contributed by atoms with E-state index in [1.807, 2.05) is 50.2 Å². The number of fused-ring (bicyclic) bond motifs is 1. The standard InChI is InChI=1S/C20H19ClN2O2/c1-13-4-3-5-16(11-13)25-9-8-22-20(24)18-17(21)7-6-15-10-14(2)12-23-19(15)18/h3-7,10-12H,8-9H2,1-2H3,(H,22,24). The Balaban J connectivity index is 1.67. The zero-order valence-corrected chi connectivity index (χ0v) is 14.9. The van der Waals surface area contributed by atoms with Crippen LogP contribution in [0.1, 0.15) is 21.5 Å². The third-order valence-electron chi connectivity index (χ3n) is 3.81. The number of amides is 1. The number of pyridine rings is 1. The summed E-state index contributed by atoms with van der Waals surface area (Å²) in [6, 6.07) is 13.4. The van der Waals surface area contributed by atoms with Crippen LogP contribution in [-0.2, 0) is 0 Å². The van der Waals surface area contributed by atoms with Crippen molar-refractivity contribution in [2.75, 3.05) is 13.2 Å². The normalized spacial score (nSPS) is 10.7. The van der Waals surface area contributed by atoms with Crippen LogP contribution in [0.3, 0.4) is 0 Å². The molecule has 1 heterocycles. The van der Waals surface area contributed by atoms with Crippen LogP contribution in [0.4, 0.5) is 0 Å². The van der Waals surface area contributed by atoms with E-state index in [0.29, 0.717) is 29.3 Å². The van der Waals surface area contributed by atoms with Gasteiger partial charge in [0.15, 0.2) is 0 Å². The largest absolute Gasteiger partial charge is 0.492 e. The summed E-state index contributed by atoms with van der Waals surface area (Å²) in [5.41, 5.74) is 3.17. The number of ether oxygens (including phenoxy) is 1. The molecule has 25 heavy (non-hydrogen) atoms. The smallest absolute Gasteiger partial charge is 0.255 e. The Morgan fingerprint density at radius 1 is 1.16 bits per heavy atom. The molecule has 0 aliphatic heterocycles. The number of halogens is 1. The maximum absolute atomic E-state index is 12.5. The van der Waals surface area contributed by atoms with Crippen LogP contribution in [0.25, 0.3) is 10.9 Å². The van der Waals surface area contributed by atoms with Crippen molar-refractivity contribution in [1.29, 1.82) is 0 Å². The first-order valence-electron chi connectivity index (χ1n) is 8.07. The Hall–Kier alpha value is -2.59. The molecule has 0 saturated carbocycles. The SMILES string of the molecule is Cc1cccc(OCCNC(=O)c2c(Cl)ccc3cc(C)cnc23)c1. The molecule has 2 aromatic carbocycles. The van der Waals surface area contributed by atoms with Gasteiger partial charge in [0.2, 0.25) is 0 Å². The van der Waals surface area contributed by atoms with Gasteiger partial charge in [0.1, 0.15) is 12.4 Å². The first-order valence-corrected chi connectivity index (χ1v) is 8.45. The minimum atomic E-state index is -0.250. The molecule has 0 bridgehead atoms. The lowest BCUT2D eigenvalue weighted by Crippen LogP contribution is -2.28. The van der Waals surface area contributed by atoms with Crippen molar-refractivity contribution in [3.8, 4) is 5.75 Å².